The molecule has 0 saturated carbocycles. The molecule has 2 nitrogen and oxygen atoms in total. The van der Waals surface area contributed by atoms with Crippen LogP contribution in [0.15, 0.2) is 24.3 Å². The Bertz CT molecular complexity index is 473. The van der Waals surface area contributed by atoms with Gasteiger partial charge in [0.25, 0.3) is 0 Å². The average Bonchev–Trinajstić information content (AvgIpc) is 2.42. The zero-order chi connectivity index (χ0) is 15.6. The summed E-state index contributed by atoms with van der Waals surface area (Å²) >= 11 is 0. The van der Waals surface area contributed by atoms with Gasteiger partial charge in [-0.05, 0) is 36.4 Å². The van der Waals surface area contributed by atoms with E-state index in [-0.39, 0.29) is 5.56 Å². The third-order valence-corrected chi connectivity index (χ3v) is 4.54. The third kappa shape index (κ3) is 3.98. The summed E-state index contributed by atoms with van der Waals surface area (Å²) in [5, 5.41) is 0. The highest BCUT2D eigenvalue weighted by Crippen LogP contribution is 2.34. The summed E-state index contributed by atoms with van der Waals surface area (Å²) in [4.78, 5) is 2.18. The molecule has 21 heavy (non-hydrogen) atoms. The van der Waals surface area contributed by atoms with E-state index in [0.717, 1.165) is 25.6 Å². The molecule has 118 valence electrons. The van der Waals surface area contributed by atoms with Crippen LogP contribution in [-0.2, 0) is 6.18 Å². The smallest absolute Gasteiger partial charge is 0.323 e. The van der Waals surface area contributed by atoms with Crippen molar-refractivity contribution in [2.24, 2.45) is 17.6 Å². The van der Waals surface area contributed by atoms with Crippen LogP contribution in [0.3, 0.4) is 0 Å². The first kappa shape index (κ1) is 16.3. The molecule has 0 aromatic heterocycles. The highest BCUT2D eigenvalue weighted by atomic mass is 19.4. The van der Waals surface area contributed by atoms with E-state index in [1.54, 1.807) is 6.07 Å². The predicted molar refractivity (Wildman–Crippen MR) is 77.8 cm³/mol. The lowest BCUT2D eigenvalue weighted by molar-refractivity contribution is -0.138. The van der Waals surface area contributed by atoms with Crippen molar-refractivity contribution in [3.63, 3.8) is 0 Å². The fraction of sp³-hybridized carbons (Fsp3) is 0.625. The van der Waals surface area contributed by atoms with E-state index >= 15 is 0 Å². The molecule has 1 heterocycles. The lowest BCUT2D eigenvalue weighted by Crippen LogP contribution is -2.42. The molecule has 1 aliphatic heterocycles. The molecule has 2 N–H and O–H groups in total. The van der Waals surface area contributed by atoms with E-state index in [0.29, 0.717) is 18.4 Å². The second kappa shape index (κ2) is 6.36. The van der Waals surface area contributed by atoms with Crippen molar-refractivity contribution in [2.75, 3.05) is 19.6 Å². The normalized spacial score (nSPS) is 25.8. The summed E-state index contributed by atoms with van der Waals surface area (Å²) in [6.45, 7) is 6.70. The topological polar surface area (TPSA) is 29.3 Å². The Morgan fingerprint density at radius 2 is 1.90 bits per heavy atom. The van der Waals surface area contributed by atoms with E-state index in [1.165, 1.54) is 12.1 Å². The van der Waals surface area contributed by atoms with Crippen LogP contribution in [0.4, 0.5) is 13.2 Å². The van der Waals surface area contributed by atoms with Crippen molar-refractivity contribution in [3.8, 4) is 0 Å². The minimum Gasteiger partial charge on any atom is -0.323 e. The van der Waals surface area contributed by atoms with Crippen LogP contribution in [0, 0.1) is 11.8 Å². The zero-order valence-electron chi connectivity index (χ0n) is 12.5. The van der Waals surface area contributed by atoms with Gasteiger partial charge in [-0.2, -0.15) is 13.2 Å². The molecular formula is C16H23F3N2. The molecule has 0 bridgehead atoms. The van der Waals surface area contributed by atoms with Gasteiger partial charge in [-0.1, -0.05) is 32.0 Å². The average molecular weight is 300 g/mol. The minimum absolute atomic E-state index is 0.191. The number of alkyl halides is 3. The van der Waals surface area contributed by atoms with Gasteiger partial charge < -0.3 is 10.6 Å². The van der Waals surface area contributed by atoms with Gasteiger partial charge in [-0.15, -0.1) is 0 Å². The van der Waals surface area contributed by atoms with Crippen LogP contribution in [0.2, 0.25) is 0 Å². The Morgan fingerprint density at radius 3 is 2.52 bits per heavy atom. The summed E-state index contributed by atoms with van der Waals surface area (Å²) in [6.07, 6.45) is -3.27. The van der Waals surface area contributed by atoms with E-state index in [9.17, 15) is 13.2 Å². The summed E-state index contributed by atoms with van der Waals surface area (Å²) in [6, 6.07) is 5.01. The number of benzene rings is 1. The van der Waals surface area contributed by atoms with Crippen LogP contribution in [0.1, 0.15) is 37.4 Å². The fourth-order valence-corrected chi connectivity index (χ4v) is 2.97. The number of likely N-dealkylation sites (tertiary alicyclic amines) is 1. The molecule has 3 atom stereocenters. The largest absolute Gasteiger partial charge is 0.416 e. The lowest BCUT2D eigenvalue weighted by Gasteiger charge is -2.36. The van der Waals surface area contributed by atoms with Crippen molar-refractivity contribution in [1.82, 2.24) is 4.90 Å². The first-order chi connectivity index (χ1) is 9.79. The Balaban J connectivity index is 2.09. The minimum atomic E-state index is -4.35. The van der Waals surface area contributed by atoms with Crippen LogP contribution >= 0.6 is 0 Å². The van der Waals surface area contributed by atoms with Gasteiger partial charge in [-0.25, -0.2) is 0 Å². The molecule has 0 spiro atoms. The Hall–Kier alpha value is -1.07. The van der Waals surface area contributed by atoms with Crippen LogP contribution in [0.25, 0.3) is 0 Å². The molecule has 1 saturated heterocycles. The van der Waals surface area contributed by atoms with Gasteiger partial charge in [0, 0.05) is 19.1 Å². The Labute approximate surface area is 124 Å². The van der Waals surface area contributed by atoms with Crippen molar-refractivity contribution in [2.45, 2.75) is 32.5 Å². The maximum absolute atomic E-state index is 13.0. The first-order valence-electron chi connectivity index (χ1n) is 7.43. The monoisotopic (exact) mass is 300 g/mol. The molecular weight excluding hydrogens is 277 g/mol. The Morgan fingerprint density at radius 1 is 1.24 bits per heavy atom. The maximum atomic E-state index is 13.0. The molecule has 1 aromatic carbocycles. The standard InChI is InChI=1S/C16H23F3N2/c1-11-7-8-21(9-12(11)2)10-15(20)13-5-3-4-6-14(13)16(17,18)19/h3-6,11-12,15H,7-10,20H2,1-2H3. The molecule has 2 rings (SSSR count). The van der Waals surface area contributed by atoms with Crippen molar-refractivity contribution in [1.29, 1.82) is 0 Å². The number of piperidine rings is 1. The van der Waals surface area contributed by atoms with E-state index in [2.05, 4.69) is 18.7 Å². The predicted octanol–water partition coefficient (Wildman–Crippen LogP) is 3.68. The second-order valence-electron chi connectivity index (χ2n) is 6.19. The van der Waals surface area contributed by atoms with Crippen molar-refractivity contribution < 1.29 is 13.2 Å². The lowest BCUT2D eigenvalue weighted by atomic mass is 9.88. The number of halogens is 3. The summed E-state index contributed by atoms with van der Waals surface area (Å²) in [5.41, 5.74) is 5.64. The van der Waals surface area contributed by atoms with Gasteiger partial charge in [-0.3, -0.25) is 0 Å². The first-order valence-corrected chi connectivity index (χ1v) is 7.43. The Kier molecular flexibility index (Phi) is 4.94. The molecule has 1 aromatic rings. The molecule has 0 aliphatic carbocycles. The van der Waals surface area contributed by atoms with E-state index in [4.69, 9.17) is 5.73 Å². The number of rotatable bonds is 3. The van der Waals surface area contributed by atoms with Crippen LogP contribution in [-0.4, -0.2) is 24.5 Å². The van der Waals surface area contributed by atoms with Gasteiger partial charge in [0.1, 0.15) is 0 Å². The fourth-order valence-electron chi connectivity index (χ4n) is 2.97. The summed E-state index contributed by atoms with van der Waals surface area (Å²) in [5.74, 6) is 1.23. The van der Waals surface area contributed by atoms with E-state index in [1.807, 2.05) is 0 Å². The third-order valence-electron chi connectivity index (χ3n) is 4.54. The molecule has 1 aliphatic rings. The van der Waals surface area contributed by atoms with Crippen molar-refractivity contribution >= 4 is 0 Å². The maximum Gasteiger partial charge on any atom is 0.416 e. The van der Waals surface area contributed by atoms with Gasteiger partial charge in [0.15, 0.2) is 0 Å². The van der Waals surface area contributed by atoms with Gasteiger partial charge in [0.2, 0.25) is 0 Å². The second-order valence-corrected chi connectivity index (χ2v) is 6.19. The van der Waals surface area contributed by atoms with Crippen molar-refractivity contribution in [3.05, 3.63) is 35.4 Å². The molecule has 5 heteroatoms. The highest BCUT2D eigenvalue weighted by molar-refractivity contribution is 5.32. The van der Waals surface area contributed by atoms with Gasteiger partial charge in [0.05, 0.1) is 5.56 Å². The number of nitrogens with two attached hydrogens (primary N) is 1. The zero-order valence-corrected chi connectivity index (χ0v) is 12.5. The van der Waals surface area contributed by atoms with Crippen LogP contribution < -0.4 is 5.73 Å². The molecule has 0 radical (unpaired) electrons. The molecule has 3 unspecified atom stereocenters. The molecule has 0 amide bonds. The van der Waals surface area contributed by atoms with E-state index < -0.39 is 17.8 Å². The molecule has 1 fully saturated rings. The SMILES string of the molecule is CC1CCN(CC(N)c2ccccc2C(F)(F)F)CC1C. The summed E-state index contributed by atoms with van der Waals surface area (Å²) < 4.78 is 39.1. The quantitative estimate of drug-likeness (QED) is 0.922. The van der Waals surface area contributed by atoms with Gasteiger partial charge >= 0.3 is 6.18 Å². The number of hydrogen-bond acceptors (Lipinski definition) is 2. The van der Waals surface area contributed by atoms with Crippen LogP contribution in [0.5, 0.6) is 0 Å². The highest BCUT2D eigenvalue weighted by Gasteiger charge is 2.35. The number of nitrogens with zero attached hydrogens (tertiary/aromatic N) is 1. The summed E-state index contributed by atoms with van der Waals surface area (Å²) in [7, 11) is 0. The number of hydrogen-bond donors (Lipinski definition) is 1.